The molecule has 0 saturated carbocycles. The van der Waals surface area contributed by atoms with Crippen molar-refractivity contribution in [1.29, 1.82) is 0 Å². The van der Waals surface area contributed by atoms with Crippen LogP contribution in [0.25, 0.3) is 0 Å². The minimum atomic E-state index is 0. The summed E-state index contributed by atoms with van der Waals surface area (Å²) in [7, 11) is 0. The Morgan fingerprint density at radius 1 is 0.658 bits per heavy atom. The quantitative estimate of drug-likeness (QED) is 0.247. The van der Waals surface area contributed by atoms with Crippen LogP contribution in [0.4, 0.5) is 0 Å². The molecule has 4 aromatic rings. The van der Waals surface area contributed by atoms with Gasteiger partial charge in [0, 0.05) is 24.5 Å². The van der Waals surface area contributed by atoms with Gasteiger partial charge in [0.2, 0.25) is 0 Å². The first-order chi connectivity index (χ1) is 17.9. The predicted octanol–water partition coefficient (Wildman–Crippen LogP) is 7.51. The normalized spacial score (nSPS) is 22.6. The predicted molar refractivity (Wildman–Crippen MR) is 164 cm³/mol. The lowest BCUT2D eigenvalue weighted by atomic mass is 9.69. The molecular weight excluding hydrogens is 507 g/mol. The Kier molecular flexibility index (Phi) is 10.0. The van der Waals surface area contributed by atoms with E-state index < -0.39 is 0 Å². The number of halogens is 2. The largest absolute Gasteiger partial charge is 0.308 e. The molecule has 4 heteroatoms. The molecule has 0 amide bonds. The van der Waals surface area contributed by atoms with Crippen molar-refractivity contribution in [3.63, 3.8) is 0 Å². The van der Waals surface area contributed by atoms with Gasteiger partial charge in [-0.15, -0.1) is 24.8 Å². The molecule has 2 bridgehead atoms. The van der Waals surface area contributed by atoms with Gasteiger partial charge in [0.25, 0.3) is 0 Å². The monoisotopic (exact) mass is 544 g/mol. The number of benzene rings is 4. The van der Waals surface area contributed by atoms with Gasteiger partial charge in [0.1, 0.15) is 0 Å². The molecule has 1 N–H and O–H groups in total. The molecule has 198 valence electrons. The third-order valence-corrected chi connectivity index (χ3v) is 8.38. The Balaban J connectivity index is 0.00000168. The van der Waals surface area contributed by atoms with Crippen LogP contribution in [0.15, 0.2) is 115 Å². The van der Waals surface area contributed by atoms with Crippen molar-refractivity contribution in [2.45, 2.75) is 43.8 Å². The van der Waals surface area contributed by atoms with E-state index in [0.29, 0.717) is 18.0 Å². The first-order valence-electron chi connectivity index (χ1n) is 13.5. The summed E-state index contributed by atoms with van der Waals surface area (Å²) in [6.45, 7) is 3.35. The zero-order valence-electron chi connectivity index (χ0n) is 21.8. The Hall–Kier alpha value is -2.62. The highest BCUT2D eigenvalue weighted by atomic mass is 35.5. The van der Waals surface area contributed by atoms with Crippen LogP contribution in [-0.4, -0.2) is 30.1 Å². The standard InChI is InChI=1S/C34H36N2.2ClH/c1-4-12-26(13-5-1)24-30-18-10-11-19-31(30)32(28-16-8-3-9-17-28)34-33(29-20-22-36(34)23-21-29)35-25-27-14-6-2-7-15-27;;/h1-19,29,32-35H,20-25H2;2*1H/t32-,33-,34-;;/m1../s1. The third-order valence-electron chi connectivity index (χ3n) is 8.38. The van der Waals surface area contributed by atoms with Crippen LogP contribution in [0.2, 0.25) is 0 Å². The summed E-state index contributed by atoms with van der Waals surface area (Å²) in [5, 5.41) is 4.07. The van der Waals surface area contributed by atoms with E-state index in [2.05, 4.69) is 125 Å². The van der Waals surface area contributed by atoms with Gasteiger partial charge >= 0.3 is 0 Å². The Bertz CT molecular complexity index is 1240. The lowest BCUT2D eigenvalue weighted by Crippen LogP contribution is -2.64. The minimum absolute atomic E-state index is 0. The summed E-state index contributed by atoms with van der Waals surface area (Å²) in [5.74, 6) is 1.07. The number of hydrogen-bond acceptors (Lipinski definition) is 2. The molecule has 0 spiro atoms. The van der Waals surface area contributed by atoms with Gasteiger partial charge in [-0.2, -0.15) is 0 Å². The van der Waals surface area contributed by atoms with Gasteiger partial charge in [-0.05, 0) is 66.1 Å². The number of nitrogens with zero attached hydrogens (tertiary/aromatic N) is 1. The van der Waals surface area contributed by atoms with Crippen LogP contribution in [0.1, 0.15) is 46.6 Å². The zero-order chi connectivity index (χ0) is 24.2. The second-order valence-electron chi connectivity index (χ2n) is 10.5. The van der Waals surface area contributed by atoms with E-state index in [1.807, 2.05) is 0 Å². The zero-order valence-corrected chi connectivity index (χ0v) is 23.4. The van der Waals surface area contributed by atoms with Crippen molar-refractivity contribution in [1.82, 2.24) is 10.2 Å². The van der Waals surface area contributed by atoms with E-state index in [1.165, 1.54) is 53.7 Å². The average molecular weight is 546 g/mol. The molecular formula is C34H38Cl2N2. The van der Waals surface area contributed by atoms with E-state index in [9.17, 15) is 0 Å². The number of rotatable bonds is 8. The molecule has 3 atom stereocenters. The van der Waals surface area contributed by atoms with Gasteiger partial charge in [-0.25, -0.2) is 0 Å². The summed E-state index contributed by atoms with van der Waals surface area (Å²) < 4.78 is 0. The summed E-state index contributed by atoms with van der Waals surface area (Å²) in [5.41, 5.74) is 7.11. The topological polar surface area (TPSA) is 15.3 Å². The fourth-order valence-electron chi connectivity index (χ4n) is 6.66. The Morgan fingerprint density at radius 2 is 1.21 bits per heavy atom. The van der Waals surface area contributed by atoms with Crippen molar-refractivity contribution in [3.8, 4) is 0 Å². The van der Waals surface area contributed by atoms with Crippen molar-refractivity contribution in [2.75, 3.05) is 13.1 Å². The van der Waals surface area contributed by atoms with E-state index in [1.54, 1.807) is 0 Å². The molecule has 2 nitrogen and oxygen atoms in total. The first kappa shape index (κ1) is 28.4. The molecule has 7 rings (SSSR count). The molecule has 3 saturated heterocycles. The summed E-state index contributed by atoms with van der Waals surface area (Å²) in [6.07, 6.45) is 3.57. The first-order valence-corrected chi connectivity index (χ1v) is 13.5. The average Bonchev–Trinajstić information content (AvgIpc) is 2.96. The number of hydrogen-bond donors (Lipinski definition) is 1. The smallest absolute Gasteiger partial charge is 0.0361 e. The molecule has 0 aliphatic carbocycles. The van der Waals surface area contributed by atoms with Crippen molar-refractivity contribution in [2.24, 2.45) is 5.92 Å². The molecule has 3 fully saturated rings. The van der Waals surface area contributed by atoms with E-state index in [4.69, 9.17) is 0 Å². The second kappa shape index (κ2) is 13.4. The fourth-order valence-corrected chi connectivity index (χ4v) is 6.66. The molecule has 3 aliphatic rings. The van der Waals surface area contributed by atoms with Gasteiger partial charge in [-0.3, -0.25) is 4.90 Å². The Labute approximate surface area is 240 Å². The molecule has 3 heterocycles. The summed E-state index contributed by atoms with van der Waals surface area (Å²) >= 11 is 0. The molecule has 0 unspecified atom stereocenters. The van der Waals surface area contributed by atoms with E-state index >= 15 is 0 Å². The van der Waals surface area contributed by atoms with Gasteiger partial charge in [-0.1, -0.05) is 115 Å². The van der Waals surface area contributed by atoms with Gasteiger partial charge < -0.3 is 5.32 Å². The summed E-state index contributed by atoms with van der Waals surface area (Å²) in [6, 6.07) is 43.2. The third kappa shape index (κ3) is 6.16. The minimum Gasteiger partial charge on any atom is -0.308 e. The van der Waals surface area contributed by atoms with Crippen LogP contribution in [-0.2, 0) is 13.0 Å². The molecule has 0 aromatic heterocycles. The summed E-state index contributed by atoms with van der Waals surface area (Å²) in [4.78, 5) is 2.79. The van der Waals surface area contributed by atoms with Gasteiger partial charge in [0.15, 0.2) is 0 Å². The maximum atomic E-state index is 4.07. The highest BCUT2D eigenvalue weighted by Gasteiger charge is 2.46. The lowest BCUT2D eigenvalue weighted by molar-refractivity contribution is 0.00458. The molecule has 4 aromatic carbocycles. The second-order valence-corrected chi connectivity index (χ2v) is 10.5. The SMILES string of the molecule is Cl.Cl.c1ccc(CN[C@@H]2C3CCN(CC3)[C@@H]2[C@H](c2ccccc2)c2ccccc2Cc2ccccc2)cc1. The number of nitrogens with one attached hydrogen (secondary N) is 1. The number of piperidine rings is 3. The van der Waals surface area contributed by atoms with Crippen LogP contribution in [0, 0.1) is 5.92 Å². The van der Waals surface area contributed by atoms with E-state index in [-0.39, 0.29) is 24.8 Å². The highest BCUT2D eigenvalue weighted by molar-refractivity contribution is 5.85. The van der Waals surface area contributed by atoms with E-state index in [0.717, 1.165) is 18.9 Å². The van der Waals surface area contributed by atoms with Crippen LogP contribution < -0.4 is 5.32 Å². The molecule has 3 aliphatic heterocycles. The van der Waals surface area contributed by atoms with Crippen LogP contribution in [0.5, 0.6) is 0 Å². The lowest BCUT2D eigenvalue weighted by Gasteiger charge is -2.54. The molecule has 0 radical (unpaired) electrons. The maximum Gasteiger partial charge on any atom is 0.0361 e. The Morgan fingerprint density at radius 3 is 1.87 bits per heavy atom. The molecule has 38 heavy (non-hydrogen) atoms. The van der Waals surface area contributed by atoms with Crippen molar-refractivity contribution >= 4 is 24.8 Å². The van der Waals surface area contributed by atoms with Crippen LogP contribution >= 0.6 is 24.8 Å². The van der Waals surface area contributed by atoms with Gasteiger partial charge in [0.05, 0.1) is 0 Å². The highest BCUT2D eigenvalue weighted by Crippen LogP contribution is 2.43. The maximum absolute atomic E-state index is 4.07. The van der Waals surface area contributed by atoms with Crippen molar-refractivity contribution in [3.05, 3.63) is 143 Å². The van der Waals surface area contributed by atoms with Crippen LogP contribution in [0.3, 0.4) is 0 Å². The van der Waals surface area contributed by atoms with Crippen molar-refractivity contribution < 1.29 is 0 Å². The number of fused-ring (bicyclic) bond motifs is 3. The fraction of sp³-hybridized carbons (Fsp3) is 0.294.